The first-order chi connectivity index (χ1) is 10.4. The molecule has 0 aliphatic carbocycles. The first-order valence-electron chi connectivity index (χ1n) is 7.21. The standard InChI is InChI=1S/C16H22BrN5/c1-11-9-13(5-6-14(11)17)20-16-19-12(2)10-15(21-16)18-7-8-22(3)4/h5-6,9-10H,7-8H2,1-4H3,(H2,18,19,20,21). The number of hydrogen-bond acceptors (Lipinski definition) is 5. The number of nitrogens with zero attached hydrogens (tertiary/aromatic N) is 3. The molecule has 1 aromatic heterocycles. The number of anilines is 3. The van der Waals surface area contributed by atoms with E-state index in [9.17, 15) is 0 Å². The van der Waals surface area contributed by atoms with Gasteiger partial charge >= 0.3 is 0 Å². The van der Waals surface area contributed by atoms with Crippen molar-refractivity contribution in [3.8, 4) is 0 Å². The number of rotatable bonds is 6. The van der Waals surface area contributed by atoms with Crippen LogP contribution >= 0.6 is 15.9 Å². The van der Waals surface area contributed by atoms with Crippen LogP contribution in [0.1, 0.15) is 11.3 Å². The lowest BCUT2D eigenvalue weighted by Crippen LogP contribution is -2.21. The van der Waals surface area contributed by atoms with E-state index in [0.29, 0.717) is 5.95 Å². The van der Waals surface area contributed by atoms with Crippen LogP contribution in [0.4, 0.5) is 17.5 Å². The van der Waals surface area contributed by atoms with Gasteiger partial charge in [0.2, 0.25) is 5.95 Å². The lowest BCUT2D eigenvalue weighted by atomic mass is 10.2. The molecule has 0 amide bonds. The molecule has 2 rings (SSSR count). The molecule has 0 atom stereocenters. The Balaban J connectivity index is 2.10. The van der Waals surface area contributed by atoms with Gasteiger partial charge in [0, 0.05) is 35.0 Å². The largest absolute Gasteiger partial charge is 0.369 e. The second-order valence-corrected chi connectivity index (χ2v) is 6.39. The number of nitrogens with one attached hydrogen (secondary N) is 2. The third-order valence-electron chi connectivity index (χ3n) is 3.13. The Bertz CT molecular complexity index is 642. The quantitative estimate of drug-likeness (QED) is 0.821. The molecule has 0 spiro atoms. The molecule has 1 aromatic carbocycles. The predicted molar refractivity (Wildman–Crippen MR) is 96.0 cm³/mol. The Morgan fingerprint density at radius 3 is 2.59 bits per heavy atom. The van der Waals surface area contributed by atoms with Crippen LogP contribution in [0.15, 0.2) is 28.7 Å². The normalized spacial score (nSPS) is 10.8. The fourth-order valence-electron chi connectivity index (χ4n) is 1.97. The van der Waals surface area contributed by atoms with Gasteiger partial charge in [-0.25, -0.2) is 4.98 Å². The van der Waals surface area contributed by atoms with Crippen molar-refractivity contribution in [1.82, 2.24) is 14.9 Å². The molecule has 0 fully saturated rings. The average Bonchev–Trinajstić information content (AvgIpc) is 2.42. The van der Waals surface area contributed by atoms with Crippen LogP contribution in [-0.2, 0) is 0 Å². The monoisotopic (exact) mass is 363 g/mol. The van der Waals surface area contributed by atoms with Crippen molar-refractivity contribution in [2.24, 2.45) is 0 Å². The lowest BCUT2D eigenvalue weighted by Gasteiger charge is -2.13. The van der Waals surface area contributed by atoms with Gasteiger partial charge in [-0.1, -0.05) is 15.9 Å². The maximum absolute atomic E-state index is 4.51. The minimum absolute atomic E-state index is 0.606. The Kier molecular flexibility index (Phi) is 5.74. The van der Waals surface area contributed by atoms with Crippen LogP contribution in [-0.4, -0.2) is 42.1 Å². The summed E-state index contributed by atoms with van der Waals surface area (Å²) in [5.41, 5.74) is 3.08. The Morgan fingerprint density at radius 1 is 1.14 bits per heavy atom. The van der Waals surface area contributed by atoms with Gasteiger partial charge in [0.15, 0.2) is 0 Å². The molecule has 0 unspecified atom stereocenters. The molecule has 118 valence electrons. The summed E-state index contributed by atoms with van der Waals surface area (Å²) in [5, 5.41) is 6.58. The van der Waals surface area contributed by atoms with E-state index in [1.54, 1.807) is 0 Å². The summed E-state index contributed by atoms with van der Waals surface area (Å²) in [6, 6.07) is 8.04. The van der Waals surface area contributed by atoms with Crippen LogP contribution in [0, 0.1) is 13.8 Å². The summed E-state index contributed by atoms with van der Waals surface area (Å²) < 4.78 is 1.09. The molecule has 5 nitrogen and oxygen atoms in total. The van der Waals surface area contributed by atoms with Gasteiger partial charge < -0.3 is 15.5 Å². The molecule has 2 N–H and O–H groups in total. The highest BCUT2D eigenvalue weighted by Gasteiger charge is 2.04. The van der Waals surface area contributed by atoms with Crippen LogP contribution in [0.2, 0.25) is 0 Å². The molecular weight excluding hydrogens is 342 g/mol. The van der Waals surface area contributed by atoms with Crippen molar-refractivity contribution in [2.45, 2.75) is 13.8 Å². The molecule has 0 saturated heterocycles. The van der Waals surface area contributed by atoms with Crippen molar-refractivity contribution >= 4 is 33.4 Å². The van der Waals surface area contributed by atoms with Crippen LogP contribution in [0.25, 0.3) is 0 Å². The zero-order valence-corrected chi connectivity index (χ0v) is 15.0. The summed E-state index contributed by atoms with van der Waals surface area (Å²) in [4.78, 5) is 11.1. The van der Waals surface area contributed by atoms with Gasteiger partial charge in [0.25, 0.3) is 0 Å². The summed E-state index contributed by atoms with van der Waals surface area (Å²) in [7, 11) is 4.10. The first-order valence-corrected chi connectivity index (χ1v) is 8.01. The molecule has 0 bridgehead atoms. The minimum atomic E-state index is 0.606. The van der Waals surface area contributed by atoms with Gasteiger partial charge in [0.05, 0.1) is 0 Å². The first kappa shape index (κ1) is 16.7. The van der Waals surface area contributed by atoms with E-state index in [0.717, 1.165) is 34.8 Å². The summed E-state index contributed by atoms with van der Waals surface area (Å²) in [5.74, 6) is 1.44. The second kappa shape index (κ2) is 7.56. The number of aromatic nitrogens is 2. The van der Waals surface area contributed by atoms with Crippen molar-refractivity contribution in [3.63, 3.8) is 0 Å². The van der Waals surface area contributed by atoms with Gasteiger partial charge in [-0.05, 0) is 51.7 Å². The molecular formula is C16H22BrN5. The average molecular weight is 364 g/mol. The van der Waals surface area contributed by atoms with E-state index in [4.69, 9.17) is 0 Å². The molecule has 0 aliphatic rings. The Morgan fingerprint density at radius 2 is 1.91 bits per heavy atom. The molecule has 0 aliphatic heterocycles. The zero-order valence-electron chi connectivity index (χ0n) is 13.4. The van der Waals surface area contributed by atoms with Crippen molar-refractivity contribution in [2.75, 3.05) is 37.8 Å². The molecule has 2 aromatic rings. The van der Waals surface area contributed by atoms with Gasteiger partial charge in [-0.2, -0.15) is 4.98 Å². The van der Waals surface area contributed by atoms with E-state index in [2.05, 4.69) is 68.5 Å². The topological polar surface area (TPSA) is 53.1 Å². The van der Waals surface area contributed by atoms with Crippen LogP contribution in [0.5, 0.6) is 0 Å². The highest BCUT2D eigenvalue weighted by atomic mass is 79.9. The van der Waals surface area contributed by atoms with Crippen LogP contribution < -0.4 is 10.6 Å². The third kappa shape index (κ3) is 4.96. The summed E-state index contributed by atoms with van der Waals surface area (Å²) in [6.45, 7) is 5.83. The van der Waals surface area contributed by atoms with Gasteiger partial charge in [-0.15, -0.1) is 0 Å². The van der Waals surface area contributed by atoms with E-state index >= 15 is 0 Å². The van der Waals surface area contributed by atoms with Crippen molar-refractivity contribution in [3.05, 3.63) is 40.0 Å². The van der Waals surface area contributed by atoms with Crippen LogP contribution in [0.3, 0.4) is 0 Å². The predicted octanol–water partition coefficient (Wildman–Crippen LogP) is 3.57. The highest BCUT2D eigenvalue weighted by Crippen LogP contribution is 2.22. The molecule has 1 heterocycles. The van der Waals surface area contributed by atoms with E-state index < -0.39 is 0 Å². The maximum atomic E-state index is 4.51. The molecule has 22 heavy (non-hydrogen) atoms. The number of benzene rings is 1. The smallest absolute Gasteiger partial charge is 0.229 e. The zero-order chi connectivity index (χ0) is 16.1. The second-order valence-electron chi connectivity index (χ2n) is 5.54. The Labute approximate surface area is 140 Å². The number of halogens is 1. The summed E-state index contributed by atoms with van der Waals surface area (Å²) in [6.07, 6.45) is 0. The fourth-order valence-corrected chi connectivity index (χ4v) is 2.22. The summed E-state index contributed by atoms with van der Waals surface area (Å²) >= 11 is 3.51. The fraction of sp³-hybridized carbons (Fsp3) is 0.375. The number of likely N-dealkylation sites (N-methyl/N-ethyl adjacent to an activating group) is 1. The van der Waals surface area contributed by atoms with E-state index in [-0.39, 0.29) is 0 Å². The number of hydrogen-bond donors (Lipinski definition) is 2. The molecule has 6 heteroatoms. The molecule has 0 radical (unpaired) electrons. The Hall–Kier alpha value is -1.66. The van der Waals surface area contributed by atoms with E-state index in [1.165, 1.54) is 5.56 Å². The van der Waals surface area contributed by atoms with Crippen molar-refractivity contribution in [1.29, 1.82) is 0 Å². The molecule has 0 saturated carbocycles. The lowest BCUT2D eigenvalue weighted by molar-refractivity contribution is 0.425. The maximum Gasteiger partial charge on any atom is 0.229 e. The van der Waals surface area contributed by atoms with Crippen molar-refractivity contribution < 1.29 is 0 Å². The highest BCUT2D eigenvalue weighted by molar-refractivity contribution is 9.10. The SMILES string of the molecule is Cc1cc(NCCN(C)C)nc(Nc2ccc(Br)c(C)c2)n1. The number of aryl methyl sites for hydroxylation is 2. The van der Waals surface area contributed by atoms with Gasteiger partial charge in [-0.3, -0.25) is 0 Å². The van der Waals surface area contributed by atoms with Gasteiger partial charge in [0.1, 0.15) is 5.82 Å². The third-order valence-corrected chi connectivity index (χ3v) is 4.02. The van der Waals surface area contributed by atoms with E-state index in [1.807, 2.05) is 25.1 Å². The minimum Gasteiger partial charge on any atom is -0.369 e.